The number of hydrogen-bond acceptors (Lipinski definition) is 1. The van der Waals surface area contributed by atoms with Crippen LogP contribution < -0.4 is 0 Å². The second-order valence-corrected chi connectivity index (χ2v) is 10.7. The van der Waals surface area contributed by atoms with Crippen LogP contribution in [0.2, 0.25) is 0 Å². The summed E-state index contributed by atoms with van der Waals surface area (Å²) in [6.07, 6.45) is 0. The van der Waals surface area contributed by atoms with E-state index < -0.39 is 0 Å². The van der Waals surface area contributed by atoms with Crippen molar-refractivity contribution in [1.82, 2.24) is 4.57 Å². The predicted octanol–water partition coefficient (Wildman–Crippen LogP) is 10.8. The van der Waals surface area contributed by atoms with Crippen molar-refractivity contribution in [3.8, 4) is 27.9 Å². The number of nitrogens with zero attached hydrogens (tertiary/aromatic N) is 1. The number of rotatable bonds is 3. The lowest BCUT2D eigenvalue weighted by Crippen LogP contribution is -1.94. The standard InChI is InChI=1S/C36H22BrNO/c37-30-11-4-1-8-26(30)24-18-16-23(17-19-24)25-20-21-28-27-9-2-5-12-31(27)38(33(28)22-25)32-13-7-15-35-36(32)29-10-3-6-14-34(29)39-35/h1-22H. The molecule has 2 aromatic heterocycles. The molecule has 8 rings (SSSR count). The van der Waals surface area contributed by atoms with E-state index in [0.29, 0.717) is 0 Å². The molecule has 0 saturated heterocycles. The lowest BCUT2D eigenvalue weighted by molar-refractivity contribution is 0.669. The van der Waals surface area contributed by atoms with Crippen molar-refractivity contribution in [2.75, 3.05) is 0 Å². The first kappa shape index (κ1) is 22.4. The van der Waals surface area contributed by atoms with Gasteiger partial charge in [0, 0.05) is 20.6 Å². The number of para-hydroxylation sites is 2. The fourth-order valence-electron chi connectivity index (χ4n) is 5.89. The van der Waals surface area contributed by atoms with Gasteiger partial charge in [-0.25, -0.2) is 0 Å². The van der Waals surface area contributed by atoms with E-state index in [1.54, 1.807) is 0 Å². The molecule has 0 fully saturated rings. The minimum absolute atomic E-state index is 0.901. The maximum atomic E-state index is 6.25. The van der Waals surface area contributed by atoms with Crippen LogP contribution in [0.15, 0.2) is 142 Å². The van der Waals surface area contributed by atoms with Gasteiger partial charge in [-0.2, -0.15) is 0 Å². The smallest absolute Gasteiger partial charge is 0.137 e. The molecule has 0 radical (unpaired) electrons. The van der Waals surface area contributed by atoms with Crippen molar-refractivity contribution in [3.05, 3.63) is 138 Å². The molecule has 0 unspecified atom stereocenters. The highest BCUT2D eigenvalue weighted by Crippen LogP contribution is 2.40. The average molecular weight is 564 g/mol. The summed E-state index contributed by atoms with van der Waals surface area (Å²) in [6, 6.07) is 47.3. The van der Waals surface area contributed by atoms with Gasteiger partial charge in [-0.15, -0.1) is 0 Å². The van der Waals surface area contributed by atoms with Gasteiger partial charge in [-0.1, -0.05) is 113 Å². The molecule has 6 aromatic carbocycles. The van der Waals surface area contributed by atoms with E-state index >= 15 is 0 Å². The Kier molecular flexibility index (Phi) is 5.01. The SMILES string of the molecule is Brc1ccccc1-c1ccc(-c2ccc3c4ccccc4n(-c4cccc5oc6ccccc6c45)c3c2)cc1. The lowest BCUT2D eigenvalue weighted by Gasteiger charge is -2.11. The van der Waals surface area contributed by atoms with Gasteiger partial charge in [0.2, 0.25) is 0 Å². The molecule has 184 valence electrons. The number of hydrogen-bond donors (Lipinski definition) is 0. The van der Waals surface area contributed by atoms with Crippen molar-refractivity contribution in [2.24, 2.45) is 0 Å². The van der Waals surface area contributed by atoms with E-state index in [4.69, 9.17) is 4.42 Å². The molecule has 0 spiro atoms. The molecule has 2 heterocycles. The first-order valence-corrected chi connectivity index (χ1v) is 13.8. The van der Waals surface area contributed by atoms with Gasteiger partial charge >= 0.3 is 0 Å². The lowest BCUT2D eigenvalue weighted by atomic mass is 9.99. The van der Waals surface area contributed by atoms with E-state index in [1.807, 2.05) is 18.2 Å². The van der Waals surface area contributed by atoms with Crippen LogP contribution in [0.1, 0.15) is 0 Å². The van der Waals surface area contributed by atoms with E-state index in [9.17, 15) is 0 Å². The molecule has 0 N–H and O–H groups in total. The Balaban J connectivity index is 1.36. The number of fused-ring (bicyclic) bond motifs is 6. The van der Waals surface area contributed by atoms with E-state index in [0.717, 1.165) is 32.1 Å². The fraction of sp³-hybridized carbons (Fsp3) is 0. The molecule has 0 aliphatic carbocycles. The van der Waals surface area contributed by atoms with Gasteiger partial charge in [-0.3, -0.25) is 0 Å². The Morgan fingerprint density at radius 1 is 0.487 bits per heavy atom. The Bertz CT molecular complexity index is 2180. The van der Waals surface area contributed by atoms with Crippen LogP contribution in [0, 0.1) is 0 Å². The Morgan fingerprint density at radius 3 is 2.03 bits per heavy atom. The number of halogens is 1. The highest BCUT2D eigenvalue weighted by Gasteiger charge is 2.18. The van der Waals surface area contributed by atoms with Crippen LogP contribution in [0.25, 0.3) is 71.7 Å². The highest BCUT2D eigenvalue weighted by atomic mass is 79.9. The Morgan fingerprint density at radius 2 is 1.15 bits per heavy atom. The van der Waals surface area contributed by atoms with Gasteiger partial charge in [0.25, 0.3) is 0 Å². The molecule has 0 amide bonds. The monoisotopic (exact) mass is 563 g/mol. The predicted molar refractivity (Wildman–Crippen MR) is 167 cm³/mol. The normalized spacial score (nSPS) is 11.7. The third-order valence-electron chi connectivity index (χ3n) is 7.70. The molecular formula is C36H22BrNO. The van der Waals surface area contributed by atoms with Crippen LogP contribution in [0.3, 0.4) is 0 Å². The summed E-state index contributed by atoms with van der Waals surface area (Å²) in [7, 11) is 0. The molecule has 0 bridgehead atoms. The van der Waals surface area contributed by atoms with Gasteiger partial charge in [-0.05, 0) is 58.7 Å². The van der Waals surface area contributed by atoms with Crippen LogP contribution >= 0.6 is 15.9 Å². The first-order chi connectivity index (χ1) is 19.3. The van der Waals surface area contributed by atoms with Gasteiger partial charge < -0.3 is 8.98 Å². The fourth-order valence-corrected chi connectivity index (χ4v) is 6.40. The minimum atomic E-state index is 0.901. The Labute approximate surface area is 233 Å². The Hall–Kier alpha value is -4.60. The molecular weight excluding hydrogens is 542 g/mol. The summed E-state index contributed by atoms with van der Waals surface area (Å²) >= 11 is 3.69. The summed E-state index contributed by atoms with van der Waals surface area (Å²) < 4.78 is 9.75. The summed E-state index contributed by atoms with van der Waals surface area (Å²) in [4.78, 5) is 0. The van der Waals surface area contributed by atoms with E-state index in [2.05, 4.69) is 136 Å². The molecule has 39 heavy (non-hydrogen) atoms. The van der Waals surface area contributed by atoms with Gasteiger partial charge in [0.05, 0.1) is 22.1 Å². The molecule has 0 aliphatic rings. The number of benzene rings is 6. The maximum absolute atomic E-state index is 6.25. The van der Waals surface area contributed by atoms with Crippen molar-refractivity contribution in [2.45, 2.75) is 0 Å². The molecule has 0 aliphatic heterocycles. The van der Waals surface area contributed by atoms with Crippen LogP contribution in [-0.4, -0.2) is 4.57 Å². The molecule has 0 saturated carbocycles. The molecule has 3 heteroatoms. The zero-order valence-corrected chi connectivity index (χ0v) is 22.5. The topological polar surface area (TPSA) is 18.1 Å². The number of furan rings is 1. The van der Waals surface area contributed by atoms with Crippen molar-refractivity contribution in [1.29, 1.82) is 0 Å². The van der Waals surface area contributed by atoms with Crippen molar-refractivity contribution in [3.63, 3.8) is 0 Å². The van der Waals surface area contributed by atoms with Crippen molar-refractivity contribution >= 4 is 59.7 Å². The zero-order valence-electron chi connectivity index (χ0n) is 20.9. The minimum Gasteiger partial charge on any atom is -0.456 e. The third kappa shape index (κ3) is 3.47. The largest absolute Gasteiger partial charge is 0.456 e. The first-order valence-electron chi connectivity index (χ1n) is 13.1. The highest BCUT2D eigenvalue weighted by molar-refractivity contribution is 9.10. The summed E-state index contributed by atoms with van der Waals surface area (Å²) in [6.45, 7) is 0. The van der Waals surface area contributed by atoms with E-state index in [-0.39, 0.29) is 0 Å². The van der Waals surface area contributed by atoms with E-state index in [1.165, 1.54) is 44.1 Å². The average Bonchev–Trinajstić information content (AvgIpc) is 3.53. The second kappa shape index (κ2) is 8.72. The number of aromatic nitrogens is 1. The second-order valence-electron chi connectivity index (χ2n) is 9.89. The third-order valence-corrected chi connectivity index (χ3v) is 8.39. The maximum Gasteiger partial charge on any atom is 0.137 e. The van der Waals surface area contributed by atoms with Gasteiger partial charge in [0.15, 0.2) is 0 Å². The molecule has 0 atom stereocenters. The van der Waals surface area contributed by atoms with Crippen molar-refractivity contribution < 1.29 is 4.42 Å². The van der Waals surface area contributed by atoms with Gasteiger partial charge in [0.1, 0.15) is 11.2 Å². The zero-order chi connectivity index (χ0) is 25.9. The quantitative estimate of drug-likeness (QED) is 0.209. The van der Waals surface area contributed by atoms with Crippen LogP contribution in [0.5, 0.6) is 0 Å². The summed E-state index contributed by atoms with van der Waals surface area (Å²) in [5.74, 6) is 0. The molecule has 2 nitrogen and oxygen atoms in total. The summed E-state index contributed by atoms with van der Waals surface area (Å²) in [5.41, 5.74) is 10.1. The van der Waals surface area contributed by atoms with Crippen LogP contribution in [0.4, 0.5) is 0 Å². The summed E-state index contributed by atoms with van der Waals surface area (Å²) in [5, 5.41) is 4.75. The van der Waals surface area contributed by atoms with Crippen LogP contribution in [-0.2, 0) is 0 Å². The molecule has 8 aromatic rings.